The molecule has 0 spiro atoms. The molecule has 1 atom stereocenters. The number of rotatable bonds is 8. The Labute approximate surface area is 149 Å². The molecule has 5 heteroatoms. The van der Waals surface area contributed by atoms with Crippen molar-refractivity contribution in [3.05, 3.63) is 48.0 Å². The van der Waals surface area contributed by atoms with Gasteiger partial charge in [0.2, 0.25) is 5.91 Å². The summed E-state index contributed by atoms with van der Waals surface area (Å²) < 4.78 is 0. The van der Waals surface area contributed by atoms with Crippen LogP contribution in [-0.4, -0.2) is 41.5 Å². The summed E-state index contributed by atoms with van der Waals surface area (Å²) in [5.41, 5.74) is 1.52. The van der Waals surface area contributed by atoms with Crippen LogP contribution in [0.3, 0.4) is 0 Å². The minimum Gasteiger partial charge on any atom is -0.481 e. The van der Waals surface area contributed by atoms with Crippen molar-refractivity contribution in [1.29, 1.82) is 0 Å². The van der Waals surface area contributed by atoms with Crippen LogP contribution in [0.25, 0.3) is 0 Å². The summed E-state index contributed by atoms with van der Waals surface area (Å²) in [7, 11) is 0. The van der Waals surface area contributed by atoms with Crippen LogP contribution in [0.5, 0.6) is 0 Å². The van der Waals surface area contributed by atoms with Gasteiger partial charge in [-0.1, -0.05) is 35.9 Å². The molecule has 1 fully saturated rings. The lowest BCUT2D eigenvalue weighted by atomic mass is 9.77. The summed E-state index contributed by atoms with van der Waals surface area (Å²) in [6.45, 7) is 8.17. The van der Waals surface area contributed by atoms with Crippen LogP contribution in [0.2, 0.25) is 0 Å². The maximum Gasteiger partial charge on any atom is 0.311 e. The highest BCUT2D eigenvalue weighted by Gasteiger charge is 2.41. The summed E-state index contributed by atoms with van der Waals surface area (Å²) >= 11 is 0. The van der Waals surface area contributed by atoms with E-state index in [9.17, 15) is 14.7 Å². The van der Waals surface area contributed by atoms with Crippen LogP contribution >= 0.6 is 0 Å². The smallest absolute Gasteiger partial charge is 0.311 e. The molecule has 5 nitrogen and oxygen atoms in total. The lowest BCUT2D eigenvalue weighted by molar-refractivity contribution is -0.152. The Kier molecular flexibility index (Phi) is 6.76. The number of aryl methyl sites for hydroxylation is 1. The molecule has 1 amide bonds. The molecule has 136 valence electrons. The number of hydrogen-bond donors (Lipinski definition) is 2. The minimum absolute atomic E-state index is 0.00389. The molecule has 1 aliphatic heterocycles. The van der Waals surface area contributed by atoms with E-state index in [-0.39, 0.29) is 5.91 Å². The Morgan fingerprint density at radius 2 is 2.08 bits per heavy atom. The molecular weight excluding hydrogens is 316 g/mol. The van der Waals surface area contributed by atoms with Gasteiger partial charge in [0.15, 0.2) is 0 Å². The maximum atomic E-state index is 12.1. The third-order valence-electron chi connectivity index (χ3n) is 4.91. The molecule has 1 aliphatic rings. The number of nitrogens with one attached hydrogen (secondary N) is 1. The number of nitrogens with zero attached hydrogens (tertiary/aromatic N) is 1. The van der Waals surface area contributed by atoms with E-state index in [1.54, 1.807) is 6.08 Å². The van der Waals surface area contributed by atoms with Gasteiger partial charge in [-0.25, -0.2) is 0 Å². The second kappa shape index (κ2) is 8.81. The topological polar surface area (TPSA) is 69.6 Å². The standard InChI is InChI=1S/C20H28N2O3/c1-3-10-20(19(24)25)11-4-12-22(15-20)13-9-18(23)21-14-17-7-5-16(2)6-8-17/h3,5-8H,1,4,9-15H2,2H3,(H,21,23)(H,24,25). The van der Waals surface area contributed by atoms with Gasteiger partial charge in [-0.05, 0) is 38.3 Å². The highest BCUT2D eigenvalue weighted by molar-refractivity contribution is 5.76. The largest absolute Gasteiger partial charge is 0.481 e. The Hall–Kier alpha value is -2.14. The van der Waals surface area contributed by atoms with Crippen LogP contribution in [-0.2, 0) is 16.1 Å². The number of carboxylic acid groups (broad SMARTS) is 1. The van der Waals surface area contributed by atoms with E-state index >= 15 is 0 Å². The van der Waals surface area contributed by atoms with Crippen LogP contribution in [0.1, 0.15) is 36.8 Å². The second-order valence-corrected chi connectivity index (χ2v) is 6.97. The molecule has 25 heavy (non-hydrogen) atoms. The number of benzene rings is 1. The number of hydrogen-bond acceptors (Lipinski definition) is 3. The fourth-order valence-corrected chi connectivity index (χ4v) is 3.38. The predicted molar refractivity (Wildman–Crippen MR) is 98.2 cm³/mol. The van der Waals surface area contributed by atoms with Crippen LogP contribution < -0.4 is 5.32 Å². The summed E-state index contributed by atoms with van der Waals surface area (Å²) in [6, 6.07) is 8.08. The molecule has 1 unspecified atom stereocenters. The molecule has 0 bridgehead atoms. The average molecular weight is 344 g/mol. The van der Waals surface area contributed by atoms with Gasteiger partial charge in [0.05, 0.1) is 5.41 Å². The number of allylic oxidation sites excluding steroid dienone is 1. The maximum absolute atomic E-state index is 12.1. The van der Waals surface area contributed by atoms with Crippen LogP contribution in [0.4, 0.5) is 0 Å². The van der Waals surface area contributed by atoms with Gasteiger partial charge in [-0.15, -0.1) is 6.58 Å². The minimum atomic E-state index is -0.763. The van der Waals surface area contributed by atoms with E-state index in [1.165, 1.54) is 5.56 Å². The van der Waals surface area contributed by atoms with Crippen LogP contribution in [0, 0.1) is 12.3 Å². The van der Waals surface area contributed by atoms with Crippen molar-refractivity contribution in [2.45, 2.75) is 39.2 Å². The van der Waals surface area contributed by atoms with E-state index in [0.717, 1.165) is 18.5 Å². The van der Waals surface area contributed by atoms with Gasteiger partial charge in [0.1, 0.15) is 0 Å². The number of piperidine rings is 1. The molecule has 0 radical (unpaired) electrons. The summed E-state index contributed by atoms with van der Waals surface area (Å²) in [6.07, 6.45) is 4.05. The molecule has 1 saturated heterocycles. The van der Waals surface area contributed by atoms with Crippen molar-refractivity contribution in [2.75, 3.05) is 19.6 Å². The van der Waals surface area contributed by atoms with Gasteiger partial charge < -0.3 is 15.3 Å². The summed E-state index contributed by atoms with van der Waals surface area (Å²) in [5.74, 6) is -0.767. The molecule has 2 N–H and O–H groups in total. The first kappa shape index (κ1) is 19.2. The zero-order valence-corrected chi connectivity index (χ0v) is 15.0. The van der Waals surface area contributed by atoms with Crippen molar-refractivity contribution < 1.29 is 14.7 Å². The van der Waals surface area contributed by atoms with Crippen LogP contribution in [0.15, 0.2) is 36.9 Å². The number of likely N-dealkylation sites (tertiary alicyclic amines) is 1. The van der Waals surface area contributed by atoms with Crippen molar-refractivity contribution in [3.8, 4) is 0 Å². The molecule has 2 rings (SSSR count). The second-order valence-electron chi connectivity index (χ2n) is 6.97. The first-order valence-corrected chi connectivity index (χ1v) is 8.84. The molecule has 0 saturated carbocycles. The normalized spacial score (nSPS) is 20.8. The lowest BCUT2D eigenvalue weighted by Gasteiger charge is -2.39. The Morgan fingerprint density at radius 3 is 2.72 bits per heavy atom. The van der Waals surface area contributed by atoms with E-state index in [4.69, 9.17) is 0 Å². The van der Waals surface area contributed by atoms with Gasteiger partial charge in [-0.2, -0.15) is 0 Å². The predicted octanol–water partition coefficient (Wildman–Crippen LogP) is 2.74. The fraction of sp³-hybridized carbons (Fsp3) is 0.500. The number of carbonyl (C=O) groups is 2. The number of aliphatic carboxylic acids is 1. The van der Waals surface area contributed by atoms with Crippen molar-refractivity contribution in [3.63, 3.8) is 0 Å². The number of carboxylic acids is 1. The Bertz CT molecular complexity index is 612. The third-order valence-corrected chi connectivity index (χ3v) is 4.91. The fourth-order valence-electron chi connectivity index (χ4n) is 3.38. The first-order chi connectivity index (χ1) is 11.9. The summed E-state index contributed by atoms with van der Waals surface area (Å²) in [5, 5.41) is 12.5. The highest BCUT2D eigenvalue weighted by atomic mass is 16.4. The molecule has 0 aliphatic carbocycles. The zero-order chi connectivity index (χ0) is 18.3. The molecule has 1 heterocycles. The first-order valence-electron chi connectivity index (χ1n) is 8.84. The number of carbonyl (C=O) groups excluding carboxylic acids is 1. The molecule has 0 aromatic heterocycles. The van der Waals surface area contributed by atoms with E-state index in [2.05, 4.69) is 16.8 Å². The zero-order valence-electron chi connectivity index (χ0n) is 15.0. The van der Waals surface area contributed by atoms with E-state index < -0.39 is 11.4 Å². The quantitative estimate of drug-likeness (QED) is 0.712. The SMILES string of the molecule is C=CCC1(C(=O)O)CCCN(CCC(=O)NCc2ccc(C)cc2)C1. The van der Waals surface area contributed by atoms with Gasteiger partial charge >= 0.3 is 5.97 Å². The van der Waals surface area contributed by atoms with E-state index in [0.29, 0.717) is 38.9 Å². The van der Waals surface area contributed by atoms with Gasteiger partial charge in [0, 0.05) is 26.1 Å². The monoisotopic (exact) mass is 344 g/mol. The summed E-state index contributed by atoms with van der Waals surface area (Å²) in [4.78, 5) is 25.8. The Balaban J connectivity index is 1.79. The molecule has 1 aromatic carbocycles. The lowest BCUT2D eigenvalue weighted by Crippen LogP contribution is -2.48. The van der Waals surface area contributed by atoms with Crippen molar-refractivity contribution in [2.24, 2.45) is 5.41 Å². The van der Waals surface area contributed by atoms with Gasteiger partial charge in [-0.3, -0.25) is 9.59 Å². The number of amides is 1. The average Bonchev–Trinajstić information content (AvgIpc) is 2.60. The molecular formula is C20H28N2O3. The van der Waals surface area contributed by atoms with Crippen molar-refractivity contribution in [1.82, 2.24) is 10.2 Å². The Morgan fingerprint density at radius 1 is 1.36 bits per heavy atom. The van der Waals surface area contributed by atoms with E-state index in [1.807, 2.05) is 31.2 Å². The third kappa shape index (κ3) is 5.43. The highest BCUT2D eigenvalue weighted by Crippen LogP contribution is 2.34. The van der Waals surface area contributed by atoms with Crippen molar-refractivity contribution >= 4 is 11.9 Å². The van der Waals surface area contributed by atoms with Gasteiger partial charge in [0.25, 0.3) is 0 Å². The molecule has 1 aromatic rings.